The Hall–Kier alpha value is -3.52. The molecule has 0 saturated heterocycles. The number of fused-ring (bicyclic) bond motifs is 1. The summed E-state index contributed by atoms with van der Waals surface area (Å²) in [6.07, 6.45) is 3.45. The third-order valence-electron chi connectivity index (χ3n) is 4.83. The van der Waals surface area contributed by atoms with E-state index in [1.165, 1.54) is 11.6 Å². The van der Waals surface area contributed by atoms with Gasteiger partial charge in [0.15, 0.2) is 0 Å². The van der Waals surface area contributed by atoms with Crippen LogP contribution in [0.5, 0.6) is 5.75 Å². The van der Waals surface area contributed by atoms with Crippen LogP contribution < -0.4 is 10.5 Å². The molecule has 0 radical (unpaired) electrons. The van der Waals surface area contributed by atoms with Gasteiger partial charge in [0.25, 0.3) is 5.91 Å². The highest BCUT2D eigenvalue weighted by Crippen LogP contribution is 2.25. The Morgan fingerprint density at radius 3 is 2.48 bits per heavy atom. The number of nitrogens with two attached hydrogens (primary N) is 1. The van der Waals surface area contributed by atoms with Crippen molar-refractivity contribution >= 4 is 22.9 Å². The minimum atomic E-state index is -0.730. The van der Waals surface area contributed by atoms with Gasteiger partial charge in [-0.15, -0.1) is 0 Å². The summed E-state index contributed by atoms with van der Waals surface area (Å²) in [6.45, 7) is 7.68. The molecule has 0 aliphatic heterocycles. The lowest BCUT2D eigenvalue weighted by molar-refractivity contribution is -0.114. The number of aromatic nitrogens is 1. The molecule has 3 aromatic rings. The fraction of sp³-hybridized carbons (Fsp3) is 0.250. The largest absolute Gasteiger partial charge is 0.492 e. The van der Waals surface area contributed by atoms with Crippen LogP contribution in [-0.4, -0.2) is 17.1 Å². The van der Waals surface area contributed by atoms with Crippen molar-refractivity contribution in [2.24, 2.45) is 5.73 Å². The van der Waals surface area contributed by atoms with Crippen LogP contribution in [0.4, 0.5) is 0 Å². The van der Waals surface area contributed by atoms with Crippen LogP contribution in [0.2, 0.25) is 0 Å². The van der Waals surface area contributed by atoms with E-state index in [0.717, 1.165) is 22.2 Å². The number of nitrogens with zero attached hydrogens (tertiary/aromatic N) is 2. The van der Waals surface area contributed by atoms with Crippen LogP contribution in [0, 0.1) is 11.3 Å². The zero-order chi connectivity index (χ0) is 21.0. The van der Waals surface area contributed by atoms with Crippen LogP contribution in [0.3, 0.4) is 0 Å². The summed E-state index contributed by atoms with van der Waals surface area (Å²) >= 11 is 0. The molecule has 148 valence electrons. The second kappa shape index (κ2) is 8.24. The summed E-state index contributed by atoms with van der Waals surface area (Å²) < 4.78 is 7.97. The molecule has 1 heterocycles. The molecule has 2 aromatic carbocycles. The number of nitriles is 1. The number of carbonyl (C=O) groups is 1. The molecule has 0 saturated carbocycles. The molecule has 29 heavy (non-hydrogen) atoms. The van der Waals surface area contributed by atoms with Gasteiger partial charge in [-0.2, -0.15) is 5.26 Å². The van der Waals surface area contributed by atoms with E-state index in [1.54, 1.807) is 0 Å². The van der Waals surface area contributed by atoms with Gasteiger partial charge >= 0.3 is 0 Å². The third kappa shape index (κ3) is 4.67. The molecular formula is C24H25N3O2. The molecule has 2 N–H and O–H groups in total. The first-order valence-corrected chi connectivity index (χ1v) is 9.52. The maximum Gasteiger partial charge on any atom is 0.259 e. The number of benzene rings is 2. The molecule has 1 amide bonds. The molecule has 0 atom stereocenters. The van der Waals surface area contributed by atoms with E-state index < -0.39 is 5.91 Å². The Bertz CT molecular complexity index is 1090. The van der Waals surface area contributed by atoms with E-state index in [-0.39, 0.29) is 11.0 Å². The van der Waals surface area contributed by atoms with Gasteiger partial charge in [-0.05, 0) is 35.3 Å². The van der Waals surface area contributed by atoms with Crippen molar-refractivity contribution in [3.05, 3.63) is 71.4 Å². The first kappa shape index (κ1) is 20.2. The maximum atomic E-state index is 11.4. The Morgan fingerprint density at radius 2 is 1.86 bits per heavy atom. The molecule has 1 aromatic heterocycles. The molecule has 5 heteroatoms. The van der Waals surface area contributed by atoms with Gasteiger partial charge in [0.05, 0.1) is 6.54 Å². The van der Waals surface area contributed by atoms with Crippen LogP contribution in [0.1, 0.15) is 31.9 Å². The van der Waals surface area contributed by atoms with Crippen molar-refractivity contribution in [3.8, 4) is 11.8 Å². The Labute approximate surface area is 171 Å². The minimum Gasteiger partial charge on any atom is -0.492 e. The second-order valence-corrected chi connectivity index (χ2v) is 7.95. The molecule has 3 rings (SSSR count). The predicted molar refractivity (Wildman–Crippen MR) is 115 cm³/mol. The summed E-state index contributed by atoms with van der Waals surface area (Å²) in [6, 6.07) is 17.9. The number of ether oxygens (including phenoxy) is 1. The second-order valence-electron chi connectivity index (χ2n) is 7.95. The lowest BCUT2D eigenvalue weighted by Gasteiger charge is -2.19. The van der Waals surface area contributed by atoms with Gasteiger partial charge in [0, 0.05) is 22.7 Å². The number of hydrogen-bond acceptors (Lipinski definition) is 3. The monoisotopic (exact) mass is 387 g/mol. The number of primary amides is 1. The molecule has 0 aliphatic carbocycles. The number of rotatable bonds is 6. The normalized spacial score (nSPS) is 12.0. The quantitative estimate of drug-likeness (QED) is 0.502. The van der Waals surface area contributed by atoms with Crippen molar-refractivity contribution in [2.45, 2.75) is 32.7 Å². The maximum absolute atomic E-state index is 11.4. The van der Waals surface area contributed by atoms with E-state index in [1.807, 2.05) is 48.7 Å². The van der Waals surface area contributed by atoms with Crippen LogP contribution >= 0.6 is 0 Å². The predicted octanol–water partition coefficient (Wildman–Crippen LogP) is 4.41. The summed E-state index contributed by atoms with van der Waals surface area (Å²) in [5.41, 5.74) is 8.37. The third-order valence-corrected chi connectivity index (χ3v) is 4.83. The fourth-order valence-corrected chi connectivity index (χ4v) is 3.20. The summed E-state index contributed by atoms with van der Waals surface area (Å²) in [4.78, 5) is 11.4. The molecule has 0 fully saturated rings. The van der Waals surface area contributed by atoms with Crippen molar-refractivity contribution in [1.29, 1.82) is 5.26 Å². The standard InChI is InChI=1S/C24H25N3O2/c1-24(2,3)19-8-10-20(11-9-19)29-13-12-27-16-18(14-17(15-25)23(26)28)21-6-4-5-7-22(21)27/h4-11,14,16H,12-13H2,1-3H3,(H2,26,28)/b17-14-. The van der Waals surface area contributed by atoms with Crippen LogP contribution in [0.15, 0.2) is 60.3 Å². The first-order chi connectivity index (χ1) is 13.8. The number of hydrogen-bond donors (Lipinski definition) is 1. The molecule has 0 bridgehead atoms. The van der Waals surface area contributed by atoms with Gasteiger partial charge < -0.3 is 15.0 Å². The van der Waals surface area contributed by atoms with Crippen LogP contribution in [0.25, 0.3) is 17.0 Å². The molecule has 0 unspecified atom stereocenters. The summed E-state index contributed by atoms with van der Waals surface area (Å²) in [5, 5.41) is 10.1. The highest BCUT2D eigenvalue weighted by Gasteiger charge is 2.13. The van der Waals surface area contributed by atoms with Gasteiger partial charge in [-0.25, -0.2) is 0 Å². The fourth-order valence-electron chi connectivity index (χ4n) is 3.20. The first-order valence-electron chi connectivity index (χ1n) is 9.52. The Balaban J connectivity index is 1.77. The van der Waals surface area contributed by atoms with E-state index in [4.69, 9.17) is 15.7 Å². The van der Waals surface area contributed by atoms with E-state index >= 15 is 0 Å². The van der Waals surface area contributed by atoms with Crippen molar-refractivity contribution in [1.82, 2.24) is 4.57 Å². The smallest absolute Gasteiger partial charge is 0.259 e. The Morgan fingerprint density at radius 1 is 1.17 bits per heavy atom. The molecule has 5 nitrogen and oxygen atoms in total. The van der Waals surface area contributed by atoms with Crippen molar-refractivity contribution < 1.29 is 9.53 Å². The van der Waals surface area contributed by atoms with Gasteiger partial charge in [0.2, 0.25) is 0 Å². The SMILES string of the molecule is CC(C)(C)c1ccc(OCCn2cc(/C=C(/C#N)C(N)=O)c3ccccc32)cc1. The highest BCUT2D eigenvalue weighted by atomic mass is 16.5. The van der Waals surface area contributed by atoms with Gasteiger partial charge in [-0.1, -0.05) is 51.1 Å². The van der Waals surface area contributed by atoms with Crippen molar-refractivity contribution in [3.63, 3.8) is 0 Å². The summed E-state index contributed by atoms with van der Waals surface area (Å²) in [7, 11) is 0. The van der Waals surface area contributed by atoms with Gasteiger partial charge in [0.1, 0.15) is 24.0 Å². The lowest BCUT2D eigenvalue weighted by Crippen LogP contribution is -2.12. The molecule has 0 aliphatic rings. The highest BCUT2D eigenvalue weighted by molar-refractivity contribution is 6.03. The Kier molecular flexibility index (Phi) is 5.74. The number of carbonyl (C=O) groups excluding carboxylic acids is 1. The van der Waals surface area contributed by atoms with E-state index in [0.29, 0.717) is 13.2 Å². The molecule has 0 spiro atoms. The minimum absolute atomic E-state index is 0.0666. The van der Waals surface area contributed by atoms with E-state index in [9.17, 15) is 4.79 Å². The van der Waals surface area contributed by atoms with Gasteiger partial charge in [-0.3, -0.25) is 4.79 Å². The zero-order valence-electron chi connectivity index (χ0n) is 17.0. The topological polar surface area (TPSA) is 81.0 Å². The van der Waals surface area contributed by atoms with E-state index in [2.05, 4.69) is 37.5 Å². The van der Waals surface area contributed by atoms with Crippen molar-refractivity contribution in [2.75, 3.05) is 6.61 Å². The summed E-state index contributed by atoms with van der Waals surface area (Å²) in [5.74, 6) is 0.0986. The average molecular weight is 387 g/mol. The number of para-hydroxylation sites is 1. The van der Waals surface area contributed by atoms with Crippen LogP contribution in [-0.2, 0) is 16.8 Å². The number of amides is 1. The zero-order valence-corrected chi connectivity index (χ0v) is 17.0. The molecular weight excluding hydrogens is 362 g/mol. The average Bonchev–Trinajstić information content (AvgIpc) is 3.03. The lowest BCUT2D eigenvalue weighted by atomic mass is 9.87.